The first-order valence-electron chi connectivity index (χ1n) is 8.28. The Morgan fingerprint density at radius 2 is 1.60 bits per heavy atom. The van der Waals surface area contributed by atoms with Gasteiger partial charge in [-0.15, -0.1) is 12.4 Å². The lowest BCUT2D eigenvalue weighted by Gasteiger charge is -2.46. The fourth-order valence-corrected chi connectivity index (χ4v) is 5.13. The van der Waals surface area contributed by atoms with Gasteiger partial charge in [-0.1, -0.05) is 0 Å². The predicted molar refractivity (Wildman–Crippen MR) is 99.3 cm³/mol. The molecule has 3 rings (SSSR count). The Kier molecular flexibility index (Phi) is 5.64. The molecule has 2 N–H and O–H groups in total. The van der Waals surface area contributed by atoms with Gasteiger partial charge in [0.1, 0.15) is 13.2 Å². The molecule has 0 aliphatic carbocycles. The summed E-state index contributed by atoms with van der Waals surface area (Å²) in [5.74, 6) is 1.07. The Labute approximate surface area is 156 Å². The van der Waals surface area contributed by atoms with Gasteiger partial charge in [0.25, 0.3) is 0 Å². The molecule has 0 aromatic heterocycles. The highest BCUT2D eigenvalue weighted by Gasteiger charge is 2.39. The lowest BCUT2D eigenvalue weighted by Crippen LogP contribution is -2.62. The summed E-state index contributed by atoms with van der Waals surface area (Å²) in [5.41, 5.74) is -0.247. The molecule has 0 radical (unpaired) electrons. The molecule has 2 aliphatic rings. The van der Waals surface area contributed by atoms with E-state index in [2.05, 4.69) is 37.7 Å². The zero-order chi connectivity index (χ0) is 17.6. The minimum Gasteiger partial charge on any atom is -0.486 e. The molecule has 0 saturated carbocycles. The Morgan fingerprint density at radius 1 is 1.04 bits per heavy atom. The molecule has 142 valence electrons. The van der Waals surface area contributed by atoms with Crippen LogP contribution in [0.1, 0.15) is 40.5 Å². The van der Waals surface area contributed by atoms with Crippen molar-refractivity contribution in [2.45, 2.75) is 62.6 Å². The van der Waals surface area contributed by atoms with E-state index < -0.39 is 10.0 Å². The first-order chi connectivity index (χ1) is 11.1. The van der Waals surface area contributed by atoms with Gasteiger partial charge < -0.3 is 14.8 Å². The van der Waals surface area contributed by atoms with Crippen molar-refractivity contribution < 1.29 is 17.9 Å². The van der Waals surface area contributed by atoms with Gasteiger partial charge in [0.05, 0.1) is 4.90 Å². The maximum Gasteiger partial charge on any atom is 0.240 e. The molecule has 2 heterocycles. The number of hydrogen-bond donors (Lipinski definition) is 2. The quantitative estimate of drug-likeness (QED) is 0.829. The molecule has 0 atom stereocenters. The summed E-state index contributed by atoms with van der Waals surface area (Å²) in [6.07, 6.45) is 1.47. The van der Waals surface area contributed by atoms with E-state index in [1.165, 1.54) is 6.07 Å². The van der Waals surface area contributed by atoms with E-state index in [0.29, 0.717) is 24.7 Å². The standard InChI is InChI=1S/C17H26N2O4S.ClH/c1-16(2)10-12(11-17(3,4)19-16)18-24(20,21)13-5-6-14-15(9-13)23-8-7-22-14;/h5-6,9,12,18-19H,7-8,10-11H2,1-4H3;1H. The van der Waals surface area contributed by atoms with Crippen LogP contribution >= 0.6 is 12.4 Å². The Balaban J connectivity index is 0.00000225. The predicted octanol–water partition coefficient (Wildman–Crippen LogP) is 2.47. The van der Waals surface area contributed by atoms with E-state index in [1.807, 2.05) is 0 Å². The van der Waals surface area contributed by atoms with Gasteiger partial charge in [-0.2, -0.15) is 0 Å². The highest BCUT2D eigenvalue weighted by atomic mass is 35.5. The molecule has 1 fully saturated rings. The van der Waals surface area contributed by atoms with E-state index in [4.69, 9.17) is 9.47 Å². The van der Waals surface area contributed by atoms with Crippen molar-refractivity contribution in [2.75, 3.05) is 13.2 Å². The SMILES string of the molecule is CC1(C)CC(NS(=O)(=O)c2ccc3c(c2)OCCO3)CC(C)(C)N1.Cl. The van der Waals surface area contributed by atoms with Gasteiger partial charge in [0, 0.05) is 23.2 Å². The second kappa shape index (κ2) is 6.95. The Morgan fingerprint density at radius 3 is 2.20 bits per heavy atom. The van der Waals surface area contributed by atoms with E-state index in [0.717, 1.165) is 12.8 Å². The van der Waals surface area contributed by atoms with Crippen LogP contribution < -0.4 is 19.5 Å². The van der Waals surface area contributed by atoms with Crippen molar-refractivity contribution in [1.82, 2.24) is 10.0 Å². The normalized spacial score (nSPS) is 22.1. The summed E-state index contributed by atoms with van der Waals surface area (Å²) < 4.78 is 39.4. The van der Waals surface area contributed by atoms with Crippen LogP contribution in [0, 0.1) is 0 Å². The molecule has 1 aromatic carbocycles. The molecule has 0 amide bonds. The largest absolute Gasteiger partial charge is 0.486 e. The highest BCUT2D eigenvalue weighted by Crippen LogP contribution is 2.33. The summed E-state index contributed by atoms with van der Waals surface area (Å²) >= 11 is 0. The molecule has 8 heteroatoms. The summed E-state index contributed by atoms with van der Waals surface area (Å²) in [6, 6.07) is 4.63. The van der Waals surface area contributed by atoms with Crippen molar-refractivity contribution >= 4 is 22.4 Å². The van der Waals surface area contributed by atoms with Crippen molar-refractivity contribution in [3.63, 3.8) is 0 Å². The molecule has 0 spiro atoms. The number of hydrogen-bond acceptors (Lipinski definition) is 5. The maximum absolute atomic E-state index is 12.8. The summed E-state index contributed by atoms with van der Waals surface area (Å²) in [4.78, 5) is 0.209. The third kappa shape index (κ3) is 4.78. The van der Waals surface area contributed by atoms with Crippen molar-refractivity contribution in [3.05, 3.63) is 18.2 Å². The van der Waals surface area contributed by atoms with E-state index in [1.54, 1.807) is 12.1 Å². The van der Waals surface area contributed by atoms with Crippen molar-refractivity contribution in [3.8, 4) is 11.5 Å². The highest BCUT2D eigenvalue weighted by molar-refractivity contribution is 7.89. The number of fused-ring (bicyclic) bond motifs is 1. The number of ether oxygens (including phenoxy) is 2. The van der Waals surface area contributed by atoms with Gasteiger partial charge in [0.2, 0.25) is 10.0 Å². The molecule has 2 aliphatic heterocycles. The summed E-state index contributed by atoms with van der Waals surface area (Å²) in [5, 5.41) is 3.56. The van der Waals surface area contributed by atoms with Gasteiger partial charge in [-0.05, 0) is 52.7 Å². The topological polar surface area (TPSA) is 76.7 Å². The first-order valence-corrected chi connectivity index (χ1v) is 9.76. The van der Waals surface area contributed by atoms with Crippen LogP contribution in [0.25, 0.3) is 0 Å². The van der Waals surface area contributed by atoms with Crippen LogP contribution in [0.4, 0.5) is 0 Å². The van der Waals surface area contributed by atoms with E-state index >= 15 is 0 Å². The van der Waals surface area contributed by atoms with E-state index in [9.17, 15) is 8.42 Å². The number of sulfonamides is 1. The van der Waals surface area contributed by atoms with Crippen LogP contribution in [-0.2, 0) is 10.0 Å². The Hall–Kier alpha value is -1.02. The number of halogens is 1. The van der Waals surface area contributed by atoms with Crippen LogP contribution in [0.2, 0.25) is 0 Å². The first kappa shape index (κ1) is 20.3. The Bertz CT molecular complexity index is 718. The molecular weight excluding hydrogens is 364 g/mol. The van der Waals surface area contributed by atoms with Gasteiger partial charge in [-0.25, -0.2) is 13.1 Å². The molecule has 6 nitrogen and oxygen atoms in total. The molecule has 1 aromatic rings. The second-order valence-corrected chi connectivity index (χ2v) is 9.64. The fourth-order valence-electron chi connectivity index (χ4n) is 3.88. The van der Waals surface area contributed by atoms with Crippen molar-refractivity contribution in [1.29, 1.82) is 0 Å². The molecule has 1 saturated heterocycles. The summed E-state index contributed by atoms with van der Waals surface area (Å²) in [7, 11) is -3.61. The number of rotatable bonds is 3. The number of piperidine rings is 1. The third-order valence-corrected chi connectivity index (χ3v) is 5.85. The zero-order valence-electron chi connectivity index (χ0n) is 15.1. The fraction of sp³-hybridized carbons (Fsp3) is 0.647. The van der Waals surface area contributed by atoms with Gasteiger partial charge >= 0.3 is 0 Å². The monoisotopic (exact) mass is 390 g/mol. The van der Waals surface area contributed by atoms with Gasteiger partial charge in [0.15, 0.2) is 11.5 Å². The average Bonchev–Trinajstić information content (AvgIpc) is 2.42. The zero-order valence-corrected chi connectivity index (χ0v) is 16.7. The number of benzene rings is 1. The molecule has 25 heavy (non-hydrogen) atoms. The summed E-state index contributed by atoms with van der Waals surface area (Å²) in [6.45, 7) is 9.30. The van der Waals surface area contributed by atoms with Crippen LogP contribution in [0.15, 0.2) is 23.1 Å². The second-order valence-electron chi connectivity index (χ2n) is 7.92. The third-order valence-electron chi connectivity index (χ3n) is 4.34. The lowest BCUT2D eigenvalue weighted by molar-refractivity contribution is 0.157. The smallest absolute Gasteiger partial charge is 0.240 e. The molecule has 0 unspecified atom stereocenters. The van der Waals surface area contributed by atoms with E-state index in [-0.39, 0.29) is 34.4 Å². The molecule has 0 bridgehead atoms. The molecular formula is C17H27ClN2O4S. The van der Waals surface area contributed by atoms with Crippen LogP contribution in [0.3, 0.4) is 0 Å². The lowest BCUT2D eigenvalue weighted by atomic mass is 9.80. The van der Waals surface area contributed by atoms with Crippen LogP contribution in [0.5, 0.6) is 11.5 Å². The number of nitrogens with one attached hydrogen (secondary N) is 2. The minimum absolute atomic E-state index is 0. The van der Waals surface area contributed by atoms with Crippen LogP contribution in [-0.4, -0.2) is 38.8 Å². The van der Waals surface area contributed by atoms with Gasteiger partial charge in [-0.3, -0.25) is 0 Å². The average molecular weight is 391 g/mol. The minimum atomic E-state index is -3.61. The van der Waals surface area contributed by atoms with Crippen molar-refractivity contribution in [2.24, 2.45) is 0 Å². The maximum atomic E-state index is 12.8.